The van der Waals surface area contributed by atoms with Crippen LogP contribution in [0.25, 0.3) is 10.9 Å². The molecule has 3 aromatic rings. The lowest BCUT2D eigenvalue weighted by Gasteiger charge is -2.36. The van der Waals surface area contributed by atoms with Gasteiger partial charge in [0, 0.05) is 75.0 Å². The molecule has 2 aliphatic heterocycles. The quantitative estimate of drug-likeness (QED) is 0.694. The number of hydrogen-bond donors (Lipinski definition) is 1. The van der Waals surface area contributed by atoms with Crippen LogP contribution in [0.3, 0.4) is 0 Å². The molecule has 30 heavy (non-hydrogen) atoms. The van der Waals surface area contributed by atoms with Gasteiger partial charge < -0.3 is 14.8 Å². The van der Waals surface area contributed by atoms with Gasteiger partial charge in [0.15, 0.2) is 0 Å². The molecule has 5 nitrogen and oxygen atoms in total. The van der Waals surface area contributed by atoms with Crippen LogP contribution in [-0.4, -0.2) is 60.0 Å². The van der Waals surface area contributed by atoms with Crippen LogP contribution in [0, 0.1) is 0 Å². The first-order chi connectivity index (χ1) is 14.3. The van der Waals surface area contributed by atoms with Crippen LogP contribution in [0.4, 0.5) is 5.69 Å². The highest BCUT2D eigenvalue weighted by Gasteiger charge is 2.22. The van der Waals surface area contributed by atoms with E-state index >= 15 is 0 Å². The molecule has 0 unspecified atom stereocenters. The van der Waals surface area contributed by atoms with Crippen molar-refractivity contribution in [1.82, 2.24) is 14.8 Å². The zero-order valence-corrected chi connectivity index (χ0v) is 18.0. The summed E-state index contributed by atoms with van der Waals surface area (Å²) in [5.41, 5.74) is 5.18. The monoisotopic (exact) mass is 424 g/mol. The second-order valence-corrected chi connectivity index (χ2v) is 8.16. The number of nitrogens with zero attached hydrogens (tertiary/aromatic N) is 3. The molecule has 0 radical (unpaired) electrons. The van der Waals surface area contributed by atoms with Crippen LogP contribution in [-0.2, 0) is 17.8 Å². The van der Waals surface area contributed by atoms with Crippen LogP contribution in [0.2, 0.25) is 0 Å². The Morgan fingerprint density at radius 1 is 0.933 bits per heavy atom. The molecule has 1 N–H and O–H groups in total. The van der Waals surface area contributed by atoms with Crippen LogP contribution in [0.1, 0.15) is 17.5 Å². The Balaban J connectivity index is 0.00000218. The molecule has 0 atom stereocenters. The molecule has 5 rings (SSSR count). The molecule has 1 aromatic heterocycles. The summed E-state index contributed by atoms with van der Waals surface area (Å²) in [5, 5.41) is 1.26. The fourth-order valence-corrected chi connectivity index (χ4v) is 4.59. The smallest absolute Gasteiger partial charge is 0.224 e. The second-order valence-electron chi connectivity index (χ2n) is 8.16. The van der Waals surface area contributed by atoms with Crippen LogP contribution >= 0.6 is 12.4 Å². The summed E-state index contributed by atoms with van der Waals surface area (Å²) >= 11 is 0. The zero-order valence-electron chi connectivity index (χ0n) is 17.2. The third-order valence-corrected chi connectivity index (χ3v) is 6.40. The summed E-state index contributed by atoms with van der Waals surface area (Å²) in [6.45, 7) is 6.54. The third-order valence-electron chi connectivity index (χ3n) is 6.40. The molecule has 0 bridgehead atoms. The number of amides is 1. The minimum Gasteiger partial charge on any atom is -0.369 e. The van der Waals surface area contributed by atoms with Crippen molar-refractivity contribution >= 4 is 34.9 Å². The normalized spacial score (nSPS) is 16.9. The van der Waals surface area contributed by atoms with E-state index in [1.54, 1.807) is 0 Å². The molecule has 2 aliphatic rings. The van der Waals surface area contributed by atoms with Gasteiger partial charge in [-0.05, 0) is 41.8 Å². The molecule has 1 fully saturated rings. The van der Waals surface area contributed by atoms with E-state index in [1.807, 2.05) is 11.1 Å². The van der Waals surface area contributed by atoms with E-state index in [4.69, 9.17) is 0 Å². The number of carbonyl (C=O) groups is 1. The molecule has 3 heterocycles. The minimum atomic E-state index is 0. The number of aromatic amines is 1. The van der Waals surface area contributed by atoms with Crippen LogP contribution in [0.5, 0.6) is 0 Å². The fraction of sp³-hybridized carbons (Fsp3) is 0.375. The van der Waals surface area contributed by atoms with Crippen LogP contribution in [0.15, 0.2) is 54.7 Å². The van der Waals surface area contributed by atoms with Crippen molar-refractivity contribution < 1.29 is 4.79 Å². The topological polar surface area (TPSA) is 42.6 Å². The lowest BCUT2D eigenvalue weighted by atomic mass is 10.00. The first-order valence-electron chi connectivity index (χ1n) is 10.7. The lowest BCUT2D eigenvalue weighted by molar-refractivity contribution is -0.132. The summed E-state index contributed by atoms with van der Waals surface area (Å²) in [4.78, 5) is 22.9. The highest BCUT2D eigenvalue weighted by molar-refractivity contribution is 5.85. The first-order valence-corrected chi connectivity index (χ1v) is 10.7. The van der Waals surface area contributed by atoms with Crippen molar-refractivity contribution in [2.45, 2.75) is 19.4 Å². The number of H-pyrrole nitrogens is 1. The number of nitrogens with one attached hydrogen (secondary N) is 1. The third kappa shape index (κ3) is 4.32. The summed E-state index contributed by atoms with van der Waals surface area (Å²) in [5.74, 6) is 0.292. The summed E-state index contributed by atoms with van der Waals surface area (Å²) in [6.07, 6.45) is 3.59. The van der Waals surface area contributed by atoms with Gasteiger partial charge in [-0.25, -0.2) is 0 Å². The Kier molecular flexibility index (Phi) is 6.30. The van der Waals surface area contributed by atoms with Crippen molar-refractivity contribution in [3.05, 3.63) is 65.9 Å². The number of aromatic nitrogens is 1. The predicted octanol–water partition coefficient (Wildman–Crippen LogP) is 3.69. The van der Waals surface area contributed by atoms with Crippen molar-refractivity contribution in [2.75, 3.05) is 44.2 Å². The Bertz CT molecular complexity index is 1010. The number of piperazine rings is 1. The molecular formula is C24H29ClN4O. The average molecular weight is 425 g/mol. The molecule has 1 saturated heterocycles. The number of fused-ring (bicyclic) bond motifs is 2. The van der Waals surface area contributed by atoms with E-state index < -0.39 is 0 Å². The molecule has 1 amide bonds. The van der Waals surface area contributed by atoms with Gasteiger partial charge in [-0.15, -0.1) is 12.4 Å². The van der Waals surface area contributed by atoms with Crippen LogP contribution < -0.4 is 4.90 Å². The maximum Gasteiger partial charge on any atom is 0.224 e. The molecule has 0 spiro atoms. The van der Waals surface area contributed by atoms with Crippen molar-refractivity contribution in [3.63, 3.8) is 0 Å². The average Bonchev–Trinajstić information content (AvgIpc) is 3.25. The van der Waals surface area contributed by atoms with Gasteiger partial charge in [0.25, 0.3) is 0 Å². The highest BCUT2D eigenvalue weighted by atomic mass is 35.5. The minimum absolute atomic E-state index is 0. The van der Waals surface area contributed by atoms with Crippen molar-refractivity contribution in [2.24, 2.45) is 0 Å². The molecule has 2 aromatic carbocycles. The number of anilines is 1. The molecule has 6 heteroatoms. The Hall–Kier alpha value is -2.50. The van der Waals surface area contributed by atoms with Gasteiger partial charge >= 0.3 is 0 Å². The van der Waals surface area contributed by atoms with Crippen molar-refractivity contribution in [3.8, 4) is 0 Å². The molecule has 0 saturated carbocycles. The number of halogens is 1. The maximum absolute atomic E-state index is 12.7. The second kappa shape index (κ2) is 9.11. The maximum atomic E-state index is 12.7. The Labute approximate surface area is 184 Å². The van der Waals surface area contributed by atoms with E-state index in [1.165, 1.54) is 27.7 Å². The predicted molar refractivity (Wildman–Crippen MR) is 124 cm³/mol. The number of hydrogen-bond acceptors (Lipinski definition) is 3. The summed E-state index contributed by atoms with van der Waals surface area (Å²) < 4.78 is 0. The SMILES string of the molecule is Cl.O=C(CCN1CCN(c2ccc3[nH]ccc3c2)CC1)N1CCc2ccccc2C1. The van der Waals surface area contributed by atoms with E-state index in [0.717, 1.165) is 52.2 Å². The Morgan fingerprint density at radius 3 is 2.57 bits per heavy atom. The van der Waals surface area contributed by atoms with E-state index in [9.17, 15) is 4.79 Å². The fourth-order valence-electron chi connectivity index (χ4n) is 4.59. The molecule has 0 aliphatic carbocycles. The summed E-state index contributed by atoms with van der Waals surface area (Å²) in [6, 6.07) is 17.2. The highest BCUT2D eigenvalue weighted by Crippen LogP contribution is 2.23. The van der Waals surface area contributed by atoms with Gasteiger partial charge in [0.1, 0.15) is 0 Å². The standard InChI is InChI=1S/C24H28N4O.ClH/c29-24(28-12-8-19-3-1-2-4-21(19)18-28)9-11-26-13-15-27(16-14-26)22-5-6-23-20(17-22)7-10-25-23;/h1-7,10,17,25H,8-9,11-16,18H2;1H. The first kappa shape index (κ1) is 20.8. The summed E-state index contributed by atoms with van der Waals surface area (Å²) in [7, 11) is 0. The largest absolute Gasteiger partial charge is 0.369 e. The van der Waals surface area contributed by atoms with E-state index in [0.29, 0.717) is 12.3 Å². The van der Waals surface area contributed by atoms with Crippen molar-refractivity contribution in [1.29, 1.82) is 0 Å². The van der Waals surface area contributed by atoms with Gasteiger partial charge in [-0.2, -0.15) is 0 Å². The number of carbonyl (C=O) groups excluding carboxylic acids is 1. The Morgan fingerprint density at radius 2 is 1.73 bits per heavy atom. The van der Waals surface area contributed by atoms with Gasteiger partial charge in [0.2, 0.25) is 5.91 Å². The zero-order chi connectivity index (χ0) is 19.6. The van der Waals surface area contributed by atoms with Gasteiger partial charge in [-0.1, -0.05) is 24.3 Å². The lowest BCUT2D eigenvalue weighted by Crippen LogP contribution is -2.47. The van der Waals surface area contributed by atoms with E-state index in [-0.39, 0.29) is 12.4 Å². The molecular weight excluding hydrogens is 396 g/mol. The number of benzene rings is 2. The van der Waals surface area contributed by atoms with Gasteiger partial charge in [0.05, 0.1) is 0 Å². The van der Waals surface area contributed by atoms with Gasteiger partial charge in [-0.3, -0.25) is 9.69 Å². The molecule has 158 valence electrons. The number of rotatable bonds is 4. The van der Waals surface area contributed by atoms with E-state index in [2.05, 4.69) is 63.3 Å².